The lowest BCUT2D eigenvalue weighted by molar-refractivity contribution is 0.120. The van der Waals surface area contributed by atoms with Gasteiger partial charge in [0.15, 0.2) is 11.3 Å². The number of morpholine rings is 1. The highest BCUT2D eigenvalue weighted by molar-refractivity contribution is 6.18. The molecule has 0 bridgehead atoms. The van der Waals surface area contributed by atoms with Crippen molar-refractivity contribution >= 4 is 28.6 Å². The Labute approximate surface area is 126 Å². The van der Waals surface area contributed by atoms with Crippen LogP contribution >= 0.6 is 11.6 Å². The number of aromatic nitrogens is 1. The molecule has 21 heavy (non-hydrogen) atoms. The monoisotopic (exact) mass is 310 g/mol. The van der Waals surface area contributed by atoms with E-state index in [1.54, 1.807) is 18.2 Å². The van der Waals surface area contributed by atoms with Gasteiger partial charge in [-0.2, -0.15) is 4.98 Å². The van der Waals surface area contributed by atoms with Gasteiger partial charge in [0.2, 0.25) is 0 Å². The van der Waals surface area contributed by atoms with Gasteiger partial charge >= 0.3 is 6.01 Å². The third-order valence-electron chi connectivity index (χ3n) is 3.22. The van der Waals surface area contributed by atoms with Crippen LogP contribution in [-0.2, 0) is 4.74 Å². The summed E-state index contributed by atoms with van der Waals surface area (Å²) in [4.78, 5) is 18.1. The van der Waals surface area contributed by atoms with Crippen LogP contribution in [0.5, 0.6) is 5.75 Å². The van der Waals surface area contributed by atoms with Crippen molar-refractivity contribution in [2.24, 2.45) is 0 Å². The minimum Gasteiger partial charge on any atom is -0.488 e. The van der Waals surface area contributed by atoms with Crippen LogP contribution in [0.3, 0.4) is 0 Å². The lowest BCUT2D eigenvalue weighted by Crippen LogP contribution is -2.37. The second kappa shape index (κ2) is 6.32. The predicted octanol–water partition coefficient (Wildman–Crippen LogP) is 1.64. The second-order valence-corrected chi connectivity index (χ2v) is 4.95. The van der Waals surface area contributed by atoms with Crippen LogP contribution in [0.25, 0.3) is 11.0 Å². The van der Waals surface area contributed by atoms with Crippen LogP contribution in [-0.4, -0.2) is 43.8 Å². The zero-order valence-electron chi connectivity index (χ0n) is 11.4. The maximum atomic E-state index is 12.2. The normalized spacial score (nSPS) is 15.4. The summed E-state index contributed by atoms with van der Waals surface area (Å²) >= 11 is 5.64. The standard InChI is InChI=1S/C14H15ClN2O4/c15-4-7-20-11-3-1-2-10-12(11)21-14(16-13(10)18)17-5-8-19-9-6-17/h1-3H,4-9H2. The number of nitrogens with zero attached hydrogens (tertiary/aromatic N) is 2. The molecule has 0 aliphatic carbocycles. The topological polar surface area (TPSA) is 64.8 Å². The Hall–Kier alpha value is -1.79. The van der Waals surface area contributed by atoms with Crippen molar-refractivity contribution in [3.8, 4) is 5.75 Å². The Kier molecular flexibility index (Phi) is 4.26. The summed E-state index contributed by atoms with van der Waals surface area (Å²) in [6, 6.07) is 5.46. The summed E-state index contributed by atoms with van der Waals surface area (Å²) in [5, 5.41) is 0.402. The minimum absolute atomic E-state index is 0.303. The lowest BCUT2D eigenvalue weighted by Gasteiger charge is -2.26. The van der Waals surface area contributed by atoms with Crippen LogP contribution in [0, 0.1) is 0 Å². The average molecular weight is 311 g/mol. The van der Waals surface area contributed by atoms with E-state index in [4.69, 9.17) is 25.5 Å². The number of fused-ring (bicyclic) bond motifs is 1. The summed E-state index contributed by atoms with van der Waals surface area (Å²) in [7, 11) is 0. The fourth-order valence-electron chi connectivity index (χ4n) is 2.20. The van der Waals surface area contributed by atoms with E-state index in [0.717, 1.165) is 0 Å². The van der Waals surface area contributed by atoms with Gasteiger partial charge in [-0.3, -0.25) is 4.79 Å². The largest absolute Gasteiger partial charge is 0.488 e. The molecular weight excluding hydrogens is 296 g/mol. The molecule has 3 rings (SSSR count). The zero-order chi connectivity index (χ0) is 14.7. The molecule has 7 heteroatoms. The van der Waals surface area contributed by atoms with Crippen molar-refractivity contribution in [1.82, 2.24) is 4.98 Å². The Morgan fingerprint density at radius 3 is 2.90 bits per heavy atom. The fourth-order valence-corrected chi connectivity index (χ4v) is 2.28. The van der Waals surface area contributed by atoms with Gasteiger partial charge in [0, 0.05) is 13.1 Å². The molecular formula is C14H15ClN2O4. The molecule has 1 fully saturated rings. The summed E-state index contributed by atoms with van der Waals surface area (Å²) in [5.41, 5.74) is 0.0816. The van der Waals surface area contributed by atoms with Crippen LogP contribution < -0.4 is 15.2 Å². The Balaban J connectivity index is 2.05. The van der Waals surface area contributed by atoms with Crippen LogP contribution in [0.15, 0.2) is 27.4 Å². The maximum Gasteiger partial charge on any atom is 0.301 e. The zero-order valence-corrected chi connectivity index (χ0v) is 12.1. The molecule has 0 saturated carbocycles. The molecule has 0 spiro atoms. The molecule has 1 aromatic carbocycles. The smallest absolute Gasteiger partial charge is 0.301 e. The van der Waals surface area contributed by atoms with Crippen molar-refractivity contribution in [3.63, 3.8) is 0 Å². The van der Waals surface area contributed by atoms with Crippen LogP contribution in [0.2, 0.25) is 0 Å². The highest BCUT2D eigenvalue weighted by Gasteiger charge is 2.18. The summed E-state index contributed by atoms with van der Waals surface area (Å²) < 4.78 is 16.6. The van der Waals surface area contributed by atoms with Crippen molar-refractivity contribution in [2.45, 2.75) is 0 Å². The average Bonchev–Trinajstić information content (AvgIpc) is 2.54. The van der Waals surface area contributed by atoms with Gasteiger partial charge in [0.05, 0.1) is 24.5 Å². The quantitative estimate of drug-likeness (QED) is 0.800. The van der Waals surface area contributed by atoms with Gasteiger partial charge in [0.25, 0.3) is 5.56 Å². The first-order valence-electron chi connectivity index (χ1n) is 6.75. The van der Waals surface area contributed by atoms with Crippen molar-refractivity contribution in [2.75, 3.05) is 43.7 Å². The summed E-state index contributed by atoms with van der Waals surface area (Å²) in [6.07, 6.45) is 0. The van der Waals surface area contributed by atoms with E-state index in [1.807, 2.05) is 4.90 Å². The molecule has 0 N–H and O–H groups in total. The lowest BCUT2D eigenvalue weighted by atomic mass is 10.2. The predicted molar refractivity (Wildman–Crippen MR) is 79.5 cm³/mol. The van der Waals surface area contributed by atoms with Crippen molar-refractivity contribution in [1.29, 1.82) is 0 Å². The van der Waals surface area contributed by atoms with E-state index < -0.39 is 0 Å². The van der Waals surface area contributed by atoms with E-state index >= 15 is 0 Å². The van der Waals surface area contributed by atoms with E-state index in [1.165, 1.54) is 0 Å². The van der Waals surface area contributed by atoms with Gasteiger partial charge in [-0.25, -0.2) is 0 Å². The molecule has 2 aromatic rings. The SMILES string of the molecule is O=c1nc(N2CCOCC2)oc2c(OCCCl)cccc12. The number of ether oxygens (including phenoxy) is 2. The Bertz CT molecular complexity index is 682. The third kappa shape index (κ3) is 2.96. The number of hydrogen-bond donors (Lipinski definition) is 0. The van der Waals surface area contributed by atoms with Gasteiger partial charge < -0.3 is 18.8 Å². The molecule has 0 unspecified atom stereocenters. The van der Waals surface area contributed by atoms with Crippen LogP contribution in [0.4, 0.5) is 6.01 Å². The molecule has 1 aliphatic rings. The number of alkyl halides is 1. The molecule has 112 valence electrons. The number of para-hydroxylation sites is 1. The summed E-state index contributed by atoms with van der Waals surface area (Å²) in [6.45, 7) is 2.82. The molecule has 0 radical (unpaired) electrons. The number of halogens is 1. The van der Waals surface area contributed by atoms with E-state index in [-0.39, 0.29) is 5.56 Å². The van der Waals surface area contributed by atoms with Gasteiger partial charge in [-0.15, -0.1) is 11.6 Å². The number of rotatable bonds is 4. The number of hydrogen-bond acceptors (Lipinski definition) is 6. The Morgan fingerprint density at radius 1 is 1.33 bits per heavy atom. The highest BCUT2D eigenvalue weighted by atomic mass is 35.5. The van der Waals surface area contributed by atoms with Crippen LogP contribution in [0.1, 0.15) is 0 Å². The molecule has 1 saturated heterocycles. The number of anilines is 1. The second-order valence-electron chi connectivity index (χ2n) is 4.57. The molecule has 0 amide bonds. The first kappa shape index (κ1) is 14.2. The minimum atomic E-state index is -0.325. The Morgan fingerprint density at radius 2 is 2.14 bits per heavy atom. The van der Waals surface area contributed by atoms with Crippen molar-refractivity contribution in [3.05, 3.63) is 28.6 Å². The third-order valence-corrected chi connectivity index (χ3v) is 3.37. The molecule has 1 aromatic heterocycles. The molecule has 2 heterocycles. The van der Waals surface area contributed by atoms with E-state index in [2.05, 4.69) is 4.98 Å². The molecule has 0 atom stereocenters. The fraction of sp³-hybridized carbons (Fsp3) is 0.429. The van der Waals surface area contributed by atoms with Gasteiger partial charge in [-0.1, -0.05) is 6.07 Å². The summed E-state index contributed by atoms with van der Waals surface area (Å²) in [5.74, 6) is 0.865. The van der Waals surface area contributed by atoms with Gasteiger partial charge in [0.1, 0.15) is 6.61 Å². The first-order valence-corrected chi connectivity index (χ1v) is 7.28. The van der Waals surface area contributed by atoms with Crippen molar-refractivity contribution < 1.29 is 13.9 Å². The molecule has 6 nitrogen and oxygen atoms in total. The maximum absolute atomic E-state index is 12.2. The molecule has 1 aliphatic heterocycles. The highest BCUT2D eigenvalue weighted by Crippen LogP contribution is 2.26. The van der Waals surface area contributed by atoms with Gasteiger partial charge in [-0.05, 0) is 12.1 Å². The van der Waals surface area contributed by atoms with E-state index in [9.17, 15) is 4.79 Å². The van der Waals surface area contributed by atoms with E-state index in [0.29, 0.717) is 61.5 Å². The number of benzene rings is 1. The first-order chi connectivity index (χ1) is 10.3.